The van der Waals surface area contributed by atoms with Crippen molar-refractivity contribution in [2.24, 2.45) is 0 Å². The summed E-state index contributed by atoms with van der Waals surface area (Å²) in [5.41, 5.74) is 1.41. The monoisotopic (exact) mass is 142 g/mol. The first kappa shape index (κ1) is 12.4. The van der Waals surface area contributed by atoms with E-state index in [-0.39, 0.29) is 0 Å². The van der Waals surface area contributed by atoms with E-state index in [0.29, 0.717) is 0 Å². The van der Waals surface area contributed by atoms with Crippen LogP contribution in [-0.4, -0.2) is 0 Å². The summed E-state index contributed by atoms with van der Waals surface area (Å²) in [6.07, 6.45) is 4.93. The third-order valence-electron chi connectivity index (χ3n) is 1.21. The summed E-state index contributed by atoms with van der Waals surface area (Å²) >= 11 is 0. The highest BCUT2D eigenvalue weighted by Crippen LogP contribution is 2.07. The molecule has 0 aromatic carbocycles. The molecule has 0 unspecified atom stereocenters. The van der Waals surface area contributed by atoms with Gasteiger partial charge < -0.3 is 0 Å². The molecule has 0 aromatic rings. The van der Waals surface area contributed by atoms with Crippen LogP contribution < -0.4 is 0 Å². The average Bonchev–Trinajstić information content (AvgIpc) is 1.93. The molecule has 0 aliphatic rings. The third-order valence-corrected chi connectivity index (χ3v) is 1.21. The maximum Gasteiger partial charge on any atom is -0.0326 e. The van der Waals surface area contributed by atoms with Crippen molar-refractivity contribution in [3.63, 3.8) is 0 Å². The van der Waals surface area contributed by atoms with Gasteiger partial charge in [-0.3, -0.25) is 0 Å². The summed E-state index contributed by atoms with van der Waals surface area (Å²) in [7, 11) is 0. The van der Waals surface area contributed by atoms with E-state index in [0.717, 1.165) is 0 Å². The maximum atomic E-state index is 3.93. The van der Waals surface area contributed by atoms with Gasteiger partial charge in [0.15, 0.2) is 0 Å². The fraction of sp³-hybridized carbons (Fsp3) is 0.800. The lowest BCUT2D eigenvalue weighted by Gasteiger charge is -1.97. The minimum Gasteiger partial charge on any atom is -0.0999 e. The molecular weight excluding hydrogens is 120 g/mol. The minimum atomic E-state index is 1.22. The normalized spacial score (nSPS) is 8.00. The van der Waals surface area contributed by atoms with Gasteiger partial charge in [0.25, 0.3) is 0 Å². The first-order valence-corrected chi connectivity index (χ1v) is 4.47. The Morgan fingerprint density at radius 1 is 1.00 bits per heavy atom. The highest BCUT2D eigenvalue weighted by molar-refractivity contribution is 4.92. The van der Waals surface area contributed by atoms with Crippen LogP contribution in [0.2, 0.25) is 0 Å². The van der Waals surface area contributed by atoms with Crippen molar-refractivity contribution in [1.82, 2.24) is 0 Å². The van der Waals surface area contributed by atoms with Crippen LogP contribution in [0.5, 0.6) is 0 Å². The molecule has 0 saturated carbocycles. The predicted molar refractivity (Wildman–Crippen MR) is 50.3 cm³/mol. The summed E-state index contributed by atoms with van der Waals surface area (Å²) in [6, 6.07) is 0. The summed E-state index contributed by atoms with van der Waals surface area (Å²) in [6.45, 7) is 12.3. The molecule has 0 fully saturated rings. The van der Waals surface area contributed by atoms with Crippen molar-refractivity contribution in [3.05, 3.63) is 12.2 Å². The largest absolute Gasteiger partial charge is 0.0999 e. The van der Waals surface area contributed by atoms with Crippen LogP contribution in [0.25, 0.3) is 0 Å². The second-order valence-electron chi connectivity index (χ2n) is 2.25. The lowest BCUT2D eigenvalue weighted by atomic mass is 10.1. The standard InChI is InChI=1S/C8H16.C2H6/c1-4-6-8(3)7-5-2;1-2/h3-7H2,1-2H3;1-2H3. The summed E-state index contributed by atoms with van der Waals surface area (Å²) in [5, 5.41) is 0. The number of allylic oxidation sites excluding steroid dienone is 1. The van der Waals surface area contributed by atoms with Crippen molar-refractivity contribution >= 4 is 0 Å². The van der Waals surface area contributed by atoms with Crippen molar-refractivity contribution < 1.29 is 0 Å². The van der Waals surface area contributed by atoms with E-state index in [9.17, 15) is 0 Å². The minimum absolute atomic E-state index is 1.22. The Kier molecular flexibility index (Phi) is 14.3. The summed E-state index contributed by atoms with van der Waals surface area (Å²) in [4.78, 5) is 0. The maximum absolute atomic E-state index is 3.93. The van der Waals surface area contributed by atoms with Crippen molar-refractivity contribution in [2.45, 2.75) is 53.4 Å². The Morgan fingerprint density at radius 3 is 1.50 bits per heavy atom. The van der Waals surface area contributed by atoms with E-state index in [1.54, 1.807) is 0 Å². The lowest BCUT2D eigenvalue weighted by molar-refractivity contribution is 0.807. The Labute approximate surface area is 66.3 Å². The molecule has 0 radical (unpaired) electrons. The Bertz CT molecular complexity index is 54.4. The third kappa shape index (κ3) is 10.7. The van der Waals surface area contributed by atoms with Gasteiger partial charge in [-0.15, -0.1) is 0 Å². The van der Waals surface area contributed by atoms with Gasteiger partial charge >= 0.3 is 0 Å². The Morgan fingerprint density at radius 2 is 1.30 bits per heavy atom. The highest BCUT2D eigenvalue weighted by atomic mass is 13.9. The number of rotatable bonds is 4. The molecule has 0 rings (SSSR count). The smallest absolute Gasteiger partial charge is 0.0326 e. The Balaban J connectivity index is 0. The molecule has 0 heteroatoms. The van der Waals surface area contributed by atoms with Crippen LogP contribution in [0, 0.1) is 0 Å². The molecule has 10 heavy (non-hydrogen) atoms. The van der Waals surface area contributed by atoms with Crippen molar-refractivity contribution in [1.29, 1.82) is 0 Å². The van der Waals surface area contributed by atoms with Crippen LogP contribution >= 0.6 is 0 Å². The molecule has 0 heterocycles. The molecule has 0 atom stereocenters. The average molecular weight is 142 g/mol. The number of hydrogen-bond donors (Lipinski definition) is 0. The fourth-order valence-electron chi connectivity index (χ4n) is 0.832. The first-order chi connectivity index (χ1) is 4.81. The molecule has 62 valence electrons. The molecule has 0 aromatic heterocycles. The zero-order valence-corrected chi connectivity index (χ0v) is 8.04. The molecule has 0 bridgehead atoms. The van der Waals surface area contributed by atoms with Gasteiger partial charge in [-0.05, 0) is 12.8 Å². The van der Waals surface area contributed by atoms with Crippen LogP contribution in [-0.2, 0) is 0 Å². The van der Waals surface area contributed by atoms with E-state index in [1.165, 1.54) is 31.3 Å². The van der Waals surface area contributed by atoms with E-state index in [1.807, 2.05) is 13.8 Å². The molecule has 0 spiro atoms. The first-order valence-electron chi connectivity index (χ1n) is 4.47. The zero-order chi connectivity index (χ0) is 8.41. The van der Waals surface area contributed by atoms with Gasteiger partial charge in [0.1, 0.15) is 0 Å². The van der Waals surface area contributed by atoms with Gasteiger partial charge in [-0.25, -0.2) is 0 Å². The van der Waals surface area contributed by atoms with Gasteiger partial charge in [0, 0.05) is 0 Å². The van der Waals surface area contributed by atoms with E-state index in [2.05, 4.69) is 20.4 Å². The van der Waals surface area contributed by atoms with Crippen molar-refractivity contribution in [2.75, 3.05) is 0 Å². The molecule has 0 amide bonds. The SMILES string of the molecule is C=C(CCC)CCC.CC. The van der Waals surface area contributed by atoms with Gasteiger partial charge in [0.05, 0.1) is 0 Å². The van der Waals surface area contributed by atoms with Gasteiger partial charge in [0.2, 0.25) is 0 Å². The highest BCUT2D eigenvalue weighted by Gasteiger charge is 1.87. The molecular formula is C10H22. The fourth-order valence-corrected chi connectivity index (χ4v) is 0.832. The van der Waals surface area contributed by atoms with Crippen molar-refractivity contribution in [3.8, 4) is 0 Å². The van der Waals surface area contributed by atoms with Crippen LogP contribution in [0.15, 0.2) is 12.2 Å². The predicted octanol–water partition coefficient (Wildman–Crippen LogP) is 4.17. The quantitative estimate of drug-likeness (QED) is 0.517. The summed E-state index contributed by atoms with van der Waals surface area (Å²) < 4.78 is 0. The molecule has 0 aliphatic heterocycles. The van der Waals surface area contributed by atoms with Crippen LogP contribution in [0.4, 0.5) is 0 Å². The van der Waals surface area contributed by atoms with Gasteiger partial charge in [-0.2, -0.15) is 0 Å². The summed E-state index contributed by atoms with van der Waals surface area (Å²) in [5.74, 6) is 0. The molecule has 0 aliphatic carbocycles. The van der Waals surface area contributed by atoms with Crippen LogP contribution in [0.1, 0.15) is 53.4 Å². The topological polar surface area (TPSA) is 0 Å². The zero-order valence-electron chi connectivity index (χ0n) is 8.04. The molecule has 0 nitrogen and oxygen atoms in total. The Hall–Kier alpha value is -0.260. The van der Waals surface area contributed by atoms with Gasteiger partial charge in [-0.1, -0.05) is 52.7 Å². The second-order valence-corrected chi connectivity index (χ2v) is 2.25. The van der Waals surface area contributed by atoms with Crippen LogP contribution in [0.3, 0.4) is 0 Å². The van der Waals surface area contributed by atoms with E-state index in [4.69, 9.17) is 0 Å². The second kappa shape index (κ2) is 11.5. The van der Waals surface area contributed by atoms with E-state index < -0.39 is 0 Å². The number of hydrogen-bond acceptors (Lipinski definition) is 0. The van der Waals surface area contributed by atoms with E-state index >= 15 is 0 Å². The molecule has 0 saturated heterocycles. The molecule has 0 N–H and O–H groups in total. The lowest BCUT2D eigenvalue weighted by Crippen LogP contribution is -1.77.